The molecule has 0 saturated carbocycles. The van der Waals surface area contributed by atoms with Crippen LogP contribution in [-0.4, -0.2) is 30.4 Å². The summed E-state index contributed by atoms with van der Waals surface area (Å²) in [6.45, 7) is 4.68. The second-order valence-corrected chi connectivity index (χ2v) is 8.97. The quantitative estimate of drug-likeness (QED) is 0.416. The van der Waals surface area contributed by atoms with Gasteiger partial charge in [0, 0.05) is 5.92 Å². The van der Waals surface area contributed by atoms with Gasteiger partial charge < -0.3 is 14.2 Å². The van der Waals surface area contributed by atoms with Crippen molar-refractivity contribution < 1.29 is 19.0 Å². The summed E-state index contributed by atoms with van der Waals surface area (Å²) in [6, 6.07) is 14.3. The van der Waals surface area contributed by atoms with Crippen molar-refractivity contribution in [3.8, 4) is 5.75 Å². The van der Waals surface area contributed by atoms with Crippen LogP contribution in [0.25, 0.3) is 10.8 Å². The number of carbonyl (C=O) groups excluding carboxylic acids is 1. The lowest BCUT2D eigenvalue weighted by Gasteiger charge is -2.22. The molecule has 2 aromatic rings. The Bertz CT molecular complexity index is 964. The van der Waals surface area contributed by atoms with Gasteiger partial charge in [0.15, 0.2) is 0 Å². The number of hydrogen-bond donors (Lipinski definition) is 0. The van der Waals surface area contributed by atoms with E-state index in [4.69, 9.17) is 14.2 Å². The van der Waals surface area contributed by atoms with E-state index >= 15 is 0 Å². The molecule has 2 aromatic carbocycles. The molecule has 29 heavy (non-hydrogen) atoms. The van der Waals surface area contributed by atoms with Crippen molar-refractivity contribution in [1.29, 1.82) is 0 Å². The average molecular weight is 392 g/mol. The van der Waals surface area contributed by atoms with Gasteiger partial charge in [0.05, 0.1) is 11.5 Å². The summed E-state index contributed by atoms with van der Waals surface area (Å²) in [5.41, 5.74) is 1.23. The Labute approximate surface area is 171 Å². The summed E-state index contributed by atoms with van der Waals surface area (Å²) >= 11 is 0. The smallest absolute Gasteiger partial charge is 0.313 e. The van der Waals surface area contributed by atoms with Crippen molar-refractivity contribution in [2.45, 2.75) is 57.3 Å². The van der Waals surface area contributed by atoms with Crippen LogP contribution in [0.1, 0.15) is 39.5 Å². The molecule has 2 aliphatic heterocycles. The van der Waals surface area contributed by atoms with Crippen LogP contribution in [0.4, 0.5) is 0 Å². The second-order valence-electron chi connectivity index (χ2n) is 8.97. The molecule has 2 heterocycles. The van der Waals surface area contributed by atoms with Crippen LogP contribution >= 0.6 is 0 Å². The molecule has 4 nitrogen and oxygen atoms in total. The fourth-order valence-electron chi connectivity index (χ4n) is 4.97. The number of ether oxygens (including phenoxy) is 3. The summed E-state index contributed by atoms with van der Waals surface area (Å²) in [5, 5.41) is 2.32. The van der Waals surface area contributed by atoms with E-state index in [1.807, 2.05) is 24.3 Å². The van der Waals surface area contributed by atoms with Gasteiger partial charge in [-0.15, -0.1) is 0 Å². The lowest BCUT2D eigenvalue weighted by molar-refractivity contribution is -0.145. The molecule has 1 unspecified atom stereocenters. The monoisotopic (exact) mass is 392 g/mol. The first kappa shape index (κ1) is 18.7. The molecule has 2 saturated heterocycles. The molecule has 0 bridgehead atoms. The third kappa shape index (κ3) is 3.55. The van der Waals surface area contributed by atoms with E-state index in [0.29, 0.717) is 6.61 Å². The molecule has 2 fully saturated rings. The average Bonchev–Trinajstić information content (AvgIpc) is 3.28. The number of benzene rings is 2. The number of carbonyl (C=O) groups is 1. The van der Waals surface area contributed by atoms with Crippen molar-refractivity contribution in [1.82, 2.24) is 0 Å². The van der Waals surface area contributed by atoms with E-state index in [2.05, 4.69) is 38.1 Å². The van der Waals surface area contributed by atoms with Gasteiger partial charge in [-0.1, -0.05) is 42.0 Å². The summed E-state index contributed by atoms with van der Waals surface area (Å²) in [6.07, 6.45) is 6.13. The number of hydrogen-bond acceptors (Lipinski definition) is 4. The van der Waals surface area contributed by atoms with E-state index in [0.717, 1.165) is 36.8 Å². The van der Waals surface area contributed by atoms with E-state index in [1.165, 1.54) is 11.0 Å². The third-order valence-corrected chi connectivity index (χ3v) is 6.89. The van der Waals surface area contributed by atoms with Gasteiger partial charge in [-0.05, 0) is 62.4 Å². The van der Waals surface area contributed by atoms with Crippen LogP contribution in [0, 0.1) is 11.8 Å². The Hall–Kier alpha value is -2.33. The van der Waals surface area contributed by atoms with Crippen LogP contribution in [0.5, 0.6) is 5.75 Å². The number of epoxide rings is 1. The summed E-state index contributed by atoms with van der Waals surface area (Å²) in [5.74, 6) is 0.548. The van der Waals surface area contributed by atoms with Gasteiger partial charge >= 0.3 is 5.97 Å². The number of fused-ring (bicyclic) bond motifs is 4. The first-order chi connectivity index (χ1) is 14.0. The van der Waals surface area contributed by atoms with Crippen molar-refractivity contribution in [3.63, 3.8) is 0 Å². The zero-order chi connectivity index (χ0) is 20.0. The minimum Gasteiger partial charge on any atom is -0.493 e. The highest BCUT2D eigenvalue weighted by atomic mass is 16.6. The molecule has 5 rings (SSSR count). The molecule has 1 aliphatic carbocycles. The fraction of sp³-hybridized carbons (Fsp3) is 0.480. The Balaban J connectivity index is 1.34. The fourth-order valence-corrected chi connectivity index (χ4v) is 4.97. The van der Waals surface area contributed by atoms with Crippen LogP contribution in [0.15, 0.2) is 54.1 Å². The van der Waals surface area contributed by atoms with Crippen LogP contribution in [0.2, 0.25) is 0 Å². The normalized spacial score (nSPS) is 35.8. The van der Waals surface area contributed by atoms with Gasteiger partial charge in [0.2, 0.25) is 0 Å². The highest BCUT2D eigenvalue weighted by molar-refractivity contribution is 5.83. The molecule has 0 aromatic heterocycles. The Morgan fingerprint density at radius 3 is 2.86 bits per heavy atom. The number of allylic oxidation sites excluding steroid dienone is 2. The molecule has 152 valence electrons. The summed E-state index contributed by atoms with van der Waals surface area (Å²) in [7, 11) is 0. The maximum absolute atomic E-state index is 12.7. The Morgan fingerprint density at radius 2 is 2.00 bits per heavy atom. The maximum Gasteiger partial charge on any atom is 0.313 e. The lowest BCUT2D eigenvalue weighted by atomic mass is 9.81. The van der Waals surface area contributed by atoms with Crippen molar-refractivity contribution in [3.05, 3.63) is 54.1 Å². The van der Waals surface area contributed by atoms with Gasteiger partial charge in [0.25, 0.3) is 0 Å². The number of rotatable bonds is 3. The first-order valence-corrected chi connectivity index (χ1v) is 10.7. The highest BCUT2D eigenvalue weighted by Crippen LogP contribution is 2.50. The van der Waals surface area contributed by atoms with Crippen molar-refractivity contribution >= 4 is 16.7 Å². The predicted octanol–water partition coefficient (Wildman–Crippen LogP) is 5.05. The predicted molar refractivity (Wildman–Crippen MR) is 112 cm³/mol. The minimum atomic E-state index is -0.243. The molecule has 0 N–H and O–H groups in total. The zero-order valence-electron chi connectivity index (χ0n) is 17.1. The van der Waals surface area contributed by atoms with Crippen molar-refractivity contribution in [2.24, 2.45) is 11.8 Å². The van der Waals surface area contributed by atoms with Crippen molar-refractivity contribution in [2.75, 3.05) is 6.61 Å². The summed E-state index contributed by atoms with van der Waals surface area (Å²) in [4.78, 5) is 12.7. The largest absolute Gasteiger partial charge is 0.493 e. The lowest BCUT2D eigenvalue weighted by Crippen LogP contribution is -2.32. The second kappa shape index (κ2) is 7.17. The topological polar surface area (TPSA) is 48.1 Å². The molecule has 5 atom stereocenters. The van der Waals surface area contributed by atoms with Gasteiger partial charge in [-0.25, -0.2) is 0 Å². The van der Waals surface area contributed by atoms with E-state index in [-0.39, 0.29) is 35.6 Å². The SMILES string of the molecule is C/C1=C\CC[C@@]2(C)O[C@H]2[C@H]2OC(=O)C(COc3ccc4ccccc4c3)[C@@H]2CC1. The van der Waals surface area contributed by atoms with Gasteiger partial charge in [-0.2, -0.15) is 0 Å². The maximum atomic E-state index is 12.7. The summed E-state index contributed by atoms with van der Waals surface area (Å²) < 4.78 is 18.0. The van der Waals surface area contributed by atoms with Gasteiger partial charge in [0.1, 0.15) is 24.6 Å². The Kier molecular flexibility index (Phi) is 4.62. The van der Waals surface area contributed by atoms with Crippen LogP contribution in [-0.2, 0) is 14.3 Å². The number of esters is 1. The molecule has 0 amide bonds. The molecule has 0 spiro atoms. The highest BCUT2D eigenvalue weighted by Gasteiger charge is 2.62. The molecule has 4 heteroatoms. The van der Waals surface area contributed by atoms with Crippen LogP contribution in [0.3, 0.4) is 0 Å². The molecular formula is C25H28O4. The van der Waals surface area contributed by atoms with Gasteiger partial charge in [-0.3, -0.25) is 4.79 Å². The standard InChI is InChI=1S/C25H28O4/c1-16-6-5-13-25(2)23(29-25)22-20(12-9-16)21(24(26)28-22)15-27-19-11-10-17-7-3-4-8-18(17)14-19/h3-4,6-8,10-11,14,20-23H,5,9,12-13,15H2,1-2H3/b16-6+/t20-,21?,22-,23-,25+/m0/s1. The zero-order valence-corrected chi connectivity index (χ0v) is 17.1. The Morgan fingerprint density at radius 1 is 1.17 bits per heavy atom. The first-order valence-electron chi connectivity index (χ1n) is 10.7. The molecule has 0 radical (unpaired) electrons. The molecular weight excluding hydrogens is 364 g/mol. The van der Waals surface area contributed by atoms with E-state index < -0.39 is 0 Å². The molecule has 3 aliphatic rings. The van der Waals surface area contributed by atoms with Crippen LogP contribution < -0.4 is 4.74 Å². The minimum absolute atomic E-state index is 0.0222. The third-order valence-electron chi connectivity index (χ3n) is 6.89. The van der Waals surface area contributed by atoms with E-state index in [1.54, 1.807) is 0 Å². The van der Waals surface area contributed by atoms with E-state index in [9.17, 15) is 4.79 Å².